The quantitative estimate of drug-likeness (QED) is 0.454. The fourth-order valence-corrected chi connectivity index (χ4v) is 3.20. The first kappa shape index (κ1) is 22.9. The van der Waals surface area contributed by atoms with Crippen molar-refractivity contribution in [3.63, 3.8) is 0 Å². The Bertz CT molecular complexity index is 710. The van der Waals surface area contributed by atoms with Gasteiger partial charge in [-0.3, -0.25) is 0 Å². The van der Waals surface area contributed by atoms with E-state index in [2.05, 4.69) is 15.6 Å². The Balaban J connectivity index is 2.91. The van der Waals surface area contributed by atoms with E-state index in [1.165, 1.54) is 6.26 Å². The van der Waals surface area contributed by atoms with Gasteiger partial charge in [0.2, 0.25) is 5.75 Å². The zero-order valence-electron chi connectivity index (χ0n) is 17.0. The zero-order valence-corrected chi connectivity index (χ0v) is 17.8. The SMILES string of the molecule is CCNC(=NCc1cc(OC)c(OC)c(OC)c1)NC(C)CCS(C)(=O)=O. The zero-order chi connectivity index (χ0) is 20.4. The number of benzene rings is 1. The Hall–Kier alpha value is -2.16. The molecule has 154 valence electrons. The lowest BCUT2D eigenvalue weighted by Crippen LogP contribution is -2.42. The predicted molar refractivity (Wildman–Crippen MR) is 108 cm³/mol. The van der Waals surface area contributed by atoms with Crippen LogP contribution in [0.5, 0.6) is 17.2 Å². The van der Waals surface area contributed by atoms with Gasteiger partial charge >= 0.3 is 0 Å². The molecule has 0 heterocycles. The first-order valence-corrected chi connectivity index (χ1v) is 10.8. The van der Waals surface area contributed by atoms with Gasteiger partial charge in [0.05, 0.1) is 33.6 Å². The molecule has 1 rings (SSSR count). The molecule has 0 saturated carbocycles. The van der Waals surface area contributed by atoms with E-state index in [0.29, 0.717) is 42.7 Å². The highest BCUT2D eigenvalue weighted by Crippen LogP contribution is 2.38. The van der Waals surface area contributed by atoms with Crippen molar-refractivity contribution in [2.45, 2.75) is 32.9 Å². The van der Waals surface area contributed by atoms with Crippen molar-refractivity contribution < 1.29 is 22.6 Å². The molecule has 8 nitrogen and oxygen atoms in total. The van der Waals surface area contributed by atoms with Crippen molar-refractivity contribution in [1.82, 2.24) is 10.6 Å². The Morgan fingerprint density at radius 2 is 1.74 bits per heavy atom. The van der Waals surface area contributed by atoms with E-state index in [0.717, 1.165) is 5.56 Å². The number of hydrogen-bond acceptors (Lipinski definition) is 6. The van der Waals surface area contributed by atoms with Crippen LogP contribution in [-0.4, -0.2) is 60.3 Å². The maximum atomic E-state index is 11.3. The lowest BCUT2D eigenvalue weighted by Gasteiger charge is -2.18. The van der Waals surface area contributed by atoms with Crippen molar-refractivity contribution in [1.29, 1.82) is 0 Å². The molecule has 0 spiro atoms. The molecule has 0 aliphatic heterocycles. The summed E-state index contributed by atoms with van der Waals surface area (Å²) in [7, 11) is 1.71. The second-order valence-electron chi connectivity index (χ2n) is 6.19. The first-order chi connectivity index (χ1) is 12.7. The molecule has 1 aromatic carbocycles. The third kappa shape index (κ3) is 7.94. The molecule has 2 N–H and O–H groups in total. The largest absolute Gasteiger partial charge is 0.493 e. The molecule has 1 unspecified atom stereocenters. The second-order valence-corrected chi connectivity index (χ2v) is 8.45. The lowest BCUT2D eigenvalue weighted by molar-refractivity contribution is 0.324. The van der Waals surface area contributed by atoms with Crippen LogP contribution in [0, 0.1) is 0 Å². The number of hydrogen-bond donors (Lipinski definition) is 2. The van der Waals surface area contributed by atoms with Crippen LogP contribution in [0.2, 0.25) is 0 Å². The van der Waals surface area contributed by atoms with Gasteiger partial charge in [-0.2, -0.15) is 0 Å². The van der Waals surface area contributed by atoms with E-state index in [1.807, 2.05) is 26.0 Å². The summed E-state index contributed by atoms with van der Waals surface area (Å²) in [5, 5.41) is 6.39. The van der Waals surface area contributed by atoms with Gasteiger partial charge in [-0.05, 0) is 38.0 Å². The van der Waals surface area contributed by atoms with Crippen LogP contribution >= 0.6 is 0 Å². The topological polar surface area (TPSA) is 98.2 Å². The van der Waals surface area contributed by atoms with E-state index in [9.17, 15) is 8.42 Å². The Kier molecular flexibility index (Phi) is 9.20. The molecule has 0 aromatic heterocycles. The minimum atomic E-state index is -2.98. The second kappa shape index (κ2) is 10.9. The molecule has 0 fully saturated rings. The minimum absolute atomic E-state index is 0.0301. The van der Waals surface area contributed by atoms with Crippen molar-refractivity contribution in [3.8, 4) is 17.2 Å². The van der Waals surface area contributed by atoms with E-state index in [-0.39, 0.29) is 11.8 Å². The molecule has 1 aromatic rings. The molecular formula is C18H31N3O5S. The Morgan fingerprint density at radius 3 is 2.19 bits per heavy atom. The summed E-state index contributed by atoms with van der Waals surface area (Å²) in [5.74, 6) is 2.43. The van der Waals surface area contributed by atoms with Gasteiger partial charge in [0.15, 0.2) is 17.5 Å². The molecule has 9 heteroatoms. The molecule has 0 bridgehead atoms. The Labute approximate surface area is 162 Å². The van der Waals surface area contributed by atoms with Crippen LogP contribution in [-0.2, 0) is 16.4 Å². The average Bonchev–Trinajstić information content (AvgIpc) is 2.63. The van der Waals surface area contributed by atoms with Crippen LogP contribution in [0.15, 0.2) is 17.1 Å². The lowest BCUT2D eigenvalue weighted by atomic mass is 10.2. The number of methoxy groups -OCH3 is 3. The smallest absolute Gasteiger partial charge is 0.203 e. The number of aliphatic imine (C=N–C) groups is 1. The van der Waals surface area contributed by atoms with Crippen molar-refractivity contribution in [3.05, 3.63) is 17.7 Å². The molecule has 27 heavy (non-hydrogen) atoms. The van der Waals surface area contributed by atoms with Crippen molar-refractivity contribution in [2.24, 2.45) is 4.99 Å². The van der Waals surface area contributed by atoms with Gasteiger partial charge in [0.25, 0.3) is 0 Å². The normalized spacial score (nSPS) is 13.0. The number of sulfone groups is 1. The van der Waals surface area contributed by atoms with Gasteiger partial charge in [-0.1, -0.05) is 0 Å². The van der Waals surface area contributed by atoms with Crippen molar-refractivity contribution >= 4 is 15.8 Å². The van der Waals surface area contributed by atoms with E-state index in [1.54, 1.807) is 21.3 Å². The molecule has 0 aliphatic rings. The van der Waals surface area contributed by atoms with Crippen LogP contribution in [0.1, 0.15) is 25.8 Å². The minimum Gasteiger partial charge on any atom is -0.493 e. The monoisotopic (exact) mass is 401 g/mol. The fraction of sp³-hybridized carbons (Fsp3) is 0.611. The van der Waals surface area contributed by atoms with Gasteiger partial charge in [0, 0.05) is 18.8 Å². The molecule has 1 atom stereocenters. The summed E-state index contributed by atoms with van der Waals surface area (Å²) < 4.78 is 38.7. The standard InChI is InChI=1S/C18H31N3O5S/c1-7-19-18(21-13(2)8-9-27(6,22)23)20-12-14-10-15(24-3)17(26-5)16(11-14)25-4/h10-11,13H,7-9,12H2,1-6H3,(H2,19,20,21). The number of rotatable bonds is 10. The number of nitrogens with zero attached hydrogens (tertiary/aromatic N) is 1. The van der Waals surface area contributed by atoms with Gasteiger partial charge < -0.3 is 24.8 Å². The van der Waals surface area contributed by atoms with Crippen LogP contribution in [0.25, 0.3) is 0 Å². The third-order valence-corrected chi connectivity index (χ3v) is 4.77. The molecule has 0 amide bonds. The number of ether oxygens (including phenoxy) is 3. The average molecular weight is 402 g/mol. The maximum absolute atomic E-state index is 11.3. The highest BCUT2D eigenvalue weighted by atomic mass is 32.2. The van der Waals surface area contributed by atoms with Gasteiger partial charge in [-0.25, -0.2) is 13.4 Å². The van der Waals surface area contributed by atoms with E-state index in [4.69, 9.17) is 14.2 Å². The fourth-order valence-electron chi connectivity index (χ4n) is 2.41. The molecule has 0 aliphatic carbocycles. The third-order valence-electron chi connectivity index (χ3n) is 3.79. The molecule has 0 radical (unpaired) electrons. The highest BCUT2D eigenvalue weighted by Gasteiger charge is 2.13. The summed E-state index contributed by atoms with van der Waals surface area (Å²) in [4.78, 5) is 4.57. The number of guanidine groups is 1. The summed E-state index contributed by atoms with van der Waals surface area (Å²) in [6.45, 7) is 4.99. The van der Waals surface area contributed by atoms with E-state index >= 15 is 0 Å². The van der Waals surface area contributed by atoms with Gasteiger partial charge in [-0.15, -0.1) is 0 Å². The number of nitrogens with one attached hydrogen (secondary N) is 2. The Morgan fingerprint density at radius 1 is 1.15 bits per heavy atom. The van der Waals surface area contributed by atoms with Crippen LogP contribution in [0.3, 0.4) is 0 Å². The summed E-state index contributed by atoms with van der Waals surface area (Å²) in [6.07, 6.45) is 1.75. The van der Waals surface area contributed by atoms with E-state index < -0.39 is 9.84 Å². The van der Waals surface area contributed by atoms with Gasteiger partial charge in [0.1, 0.15) is 9.84 Å². The summed E-state index contributed by atoms with van der Waals surface area (Å²) in [5.41, 5.74) is 0.894. The molecular weight excluding hydrogens is 370 g/mol. The first-order valence-electron chi connectivity index (χ1n) is 8.75. The van der Waals surface area contributed by atoms with Crippen LogP contribution in [0.4, 0.5) is 0 Å². The molecule has 0 saturated heterocycles. The van der Waals surface area contributed by atoms with Crippen molar-refractivity contribution in [2.75, 3.05) is 39.9 Å². The highest BCUT2D eigenvalue weighted by molar-refractivity contribution is 7.90. The summed E-state index contributed by atoms with van der Waals surface area (Å²) in [6, 6.07) is 3.67. The predicted octanol–water partition coefficient (Wildman–Crippen LogP) is 1.59. The summed E-state index contributed by atoms with van der Waals surface area (Å²) >= 11 is 0. The maximum Gasteiger partial charge on any atom is 0.203 e. The van der Waals surface area contributed by atoms with Crippen LogP contribution < -0.4 is 24.8 Å².